The number of unbranched alkanes of at least 4 members (excludes halogenated alkanes) is 24. The minimum Gasteiger partial charge on any atom is -0.264 e. The maximum atomic E-state index is 11.0. The number of hydrogen-bond donors (Lipinski definition) is 1. The van der Waals surface area contributed by atoms with Gasteiger partial charge in [-0.1, -0.05) is 181 Å². The second-order valence-electron chi connectivity index (χ2n) is 11.6. The summed E-state index contributed by atoms with van der Waals surface area (Å²) in [4.78, 5) is 0. The first kappa shape index (κ1) is 36.9. The summed E-state index contributed by atoms with van der Waals surface area (Å²) in [7, 11) is -4.33. The van der Waals surface area contributed by atoms with Crippen molar-refractivity contribution in [1.29, 1.82) is 0 Å². The zero-order chi connectivity index (χ0) is 27.3. The molecule has 0 aliphatic carbocycles. The average Bonchev–Trinajstić information content (AvgIpc) is 2.87. The van der Waals surface area contributed by atoms with Crippen LogP contribution < -0.4 is 0 Å². The lowest BCUT2D eigenvalue weighted by atomic mass is 9.95. The van der Waals surface area contributed by atoms with Crippen molar-refractivity contribution in [2.75, 3.05) is 6.61 Å². The van der Waals surface area contributed by atoms with Crippen molar-refractivity contribution in [3.63, 3.8) is 0 Å². The zero-order valence-corrected chi connectivity index (χ0v) is 26.0. The summed E-state index contributed by atoms with van der Waals surface area (Å²) >= 11 is 0. The Labute approximate surface area is 233 Å². The van der Waals surface area contributed by atoms with Crippen LogP contribution in [-0.4, -0.2) is 19.6 Å². The van der Waals surface area contributed by atoms with Crippen LogP contribution in [0.5, 0.6) is 0 Å². The molecule has 0 heterocycles. The Balaban J connectivity index is 3.52. The van der Waals surface area contributed by atoms with Gasteiger partial charge in [-0.3, -0.25) is 4.55 Å². The number of hydrogen-bond acceptors (Lipinski definition) is 3. The topological polar surface area (TPSA) is 63.6 Å². The third-order valence-corrected chi connectivity index (χ3v) is 8.32. The fourth-order valence-corrected chi connectivity index (χ4v) is 5.76. The summed E-state index contributed by atoms with van der Waals surface area (Å²) in [6, 6.07) is 0. The quantitative estimate of drug-likeness (QED) is 0.0693. The van der Waals surface area contributed by atoms with E-state index in [2.05, 4.69) is 13.8 Å². The first-order chi connectivity index (χ1) is 18.0. The molecular formula is C32H66O4S. The van der Waals surface area contributed by atoms with Crippen LogP contribution in [-0.2, 0) is 14.6 Å². The van der Waals surface area contributed by atoms with Gasteiger partial charge in [-0.05, 0) is 18.8 Å². The summed E-state index contributed by atoms with van der Waals surface area (Å²) in [6.45, 7) is 4.64. The predicted octanol–water partition coefficient (Wildman–Crippen LogP) is 11.4. The molecular weight excluding hydrogens is 480 g/mol. The normalized spacial score (nSPS) is 12.8. The van der Waals surface area contributed by atoms with E-state index in [9.17, 15) is 8.42 Å². The molecule has 0 bridgehead atoms. The molecule has 5 heteroatoms. The van der Waals surface area contributed by atoms with Gasteiger partial charge < -0.3 is 0 Å². The van der Waals surface area contributed by atoms with E-state index >= 15 is 0 Å². The first-order valence-electron chi connectivity index (χ1n) is 16.6. The third-order valence-electron chi connectivity index (χ3n) is 7.88. The highest BCUT2D eigenvalue weighted by atomic mass is 32.3. The number of rotatable bonds is 31. The molecule has 0 saturated heterocycles. The van der Waals surface area contributed by atoms with Crippen molar-refractivity contribution in [2.24, 2.45) is 5.92 Å². The molecule has 0 aromatic carbocycles. The Morgan fingerprint density at radius 1 is 0.459 bits per heavy atom. The van der Waals surface area contributed by atoms with E-state index in [1.54, 1.807) is 0 Å². The average molecular weight is 547 g/mol. The van der Waals surface area contributed by atoms with Gasteiger partial charge in [-0.2, -0.15) is 8.42 Å². The van der Waals surface area contributed by atoms with E-state index < -0.39 is 10.4 Å². The Kier molecular flexibility index (Phi) is 28.8. The van der Waals surface area contributed by atoms with Gasteiger partial charge in [0.15, 0.2) is 0 Å². The van der Waals surface area contributed by atoms with Crippen LogP contribution in [0.3, 0.4) is 0 Å². The van der Waals surface area contributed by atoms with Crippen LogP contribution in [0.4, 0.5) is 0 Å². The molecule has 0 aromatic rings. The van der Waals surface area contributed by atoms with Gasteiger partial charge in [0.25, 0.3) is 0 Å². The largest absolute Gasteiger partial charge is 0.397 e. The van der Waals surface area contributed by atoms with Crippen LogP contribution in [0.15, 0.2) is 0 Å². The van der Waals surface area contributed by atoms with E-state index in [4.69, 9.17) is 8.74 Å². The Morgan fingerprint density at radius 2 is 0.703 bits per heavy atom. The molecule has 4 nitrogen and oxygen atoms in total. The minimum absolute atomic E-state index is 0.132. The van der Waals surface area contributed by atoms with E-state index in [1.807, 2.05) is 0 Å². The van der Waals surface area contributed by atoms with Gasteiger partial charge in [0.1, 0.15) is 0 Å². The molecule has 0 saturated carbocycles. The summed E-state index contributed by atoms with van der Waals surface area (Å²) in [6.07, 6.45) is 37.1. The fraction of sp³-hybridized carbons (Fsp3) is 1.00. The van der Waals surface area contributed by atoms with Crippen LogP contribution in [0.25, 0.3) is 0 Å². The van der Waals surface area contributed by atoms with Crippen molar-refractivity contribution in [1.82, 2.24) is 0 Å². The third kappa shape index (κ3) is 32.0. The zero-order valence-electron chi connectivity index (χ0n) is 25.2. The molecule has 1 unspecified atom stereocenters. The fourth-order valence-electron chi connectivity index (χ4n) is 5.39. The summed E-state index contributed by atoms with van der Waals surface area (Å²) in [5, 5.41) is 0. The maximum absolute atomic E-state index is 11.0. The van der Waals surface area contributed by atoms with Crippen LogP contribution >= 0.6 is 0 Å². The highest BCUT2D eigenvalue weighted by Crippen LogP contribution is 2.21. The molecule has 37 heavy (non-hydrogen) atoms. The van der Waals surface area contributed by atoms with Gasteiger partial charge in [0.05, 0.1) is 6.61 Å². The molecule has 0 aromatic heterocycles. The molecule has 1 N–H and O–H groups in total. The Hall–Kier alpha value is -0.130. The smallest absolute Gasteiger partial charge is 0.264 e. The highest BCUT2D eigenvalue weighted by molar-refractivity contribution is 7.80. The molecule has 0 amide bonds. The van der Waals surface area contributed by atoms with Crippen LogP contribution in [0.1, 0.15) is 194 Å². The monoisotopic (exact) mass is 546 g/mol. The van der Waals surface area contributed by atoms with Crippen molar-refractivity contribution in [3.8, 4) is 0 Å². The first-order valence-corrected chi connectivity index (χ1v) is 18.0. The molecule has 1 atom stereocenters. The van der Waals surface area contributed by atoms with E-state index in [0.717, 1.165) is 25.7 Å². The molecule has 0 radical (unpaired) electrons. The van der Waals surface area contributed by atoms with Gasteiger partial charge in [-0.25, -0.2) is 4.18 Å². The summed E-state index contributed by atoms with van der Waals surface area (Å²) in [5.41, 5.74) is 0. The lowest BCUT2D eigenvalue weighted by Gasteiger charge is -2.16. The SMILES string of the molecule is CCCCCCCCCCCCCCCCCCCCCCC(CCCCCCCC)COS(=O)(=O)O. The summed E-state index contributed by atoms with van der Waals surface area (Å²) in [5.74, 6) is 0.239. The highest BCUT2D eigenvalue weighted by Gasteiger charge is 2.13. The molecule has 0 fully saturated rings. The second-order valence-corrected chi connectivity index (χ2v) is 12.7. The molecule has 0 aliphatic heterocycles. The predicted molar refractivity (Wildman–Crippen MR) is 162 cm³/mol. The van der Waals surface area contributed by atoms with E-state index in [1.165, 1.54) is 154 Å². The van der Waals surface area contributed by atoms with Crippen molar-refractivity contribution in [2.45, 2.75) is 194 Å². The second kappa shape index (κ2) is 28.9. The standard InChI is InChI=1S/C32H66O4S/c1-3-5-7-9-11-12-13-14-15-16-17-18-19-20-21-22-23-24-26-28-30-32(31-36-37(33,34)35)29-27-25-10-8-6-4-2/h32H,3-31H2,1-2H3,(H,33,34,35). The molecule has 224 valence electrons. The van der Waals surface area contributed by atoms with Crippen molar-refractivity contribution >= 4 is 10.4 Å². The summed E-state index contributed by atoms with van der Waals surface area (Å²) < 4.78 is 35.6. The molecule has 0 spiro atoms. The minimum atomic E-state index is -4.33. The van der Waals surface area contributed by atoms with E-state index in [0.29, 0.717) is 0 Å². The molecule has 0 aliphatic rings. The molecule has 0 rings (SSSR count). The Bertz CT molecular complexity index is 535. The van der Waals surface area contributed by atoms with Crippen molar-refractivity contribution in [3.05, 3.63) is 0 Å². The maximum Gasteiger partial charge on any atom is 0.397 e. The Morgan fingerprint density at radius 3 is 0.946 bits per heavy atom. The van der Waals surface area contributed by atoms with Gasteiger partial charge in [0, 0.05) is 0 Å². The van der Waals surface area contributed by atoms with E-state index in [-0.39, 0.29) is 12.5 Å². The van der Waals surface area contributed by atoms with Gasteiger partial charge >= 0.3 is 10.4 Å². The van der Waals surface area contributed by atoms with Gasteiger partial charge in [0.2, 0.25) is 0 Å². The van der Waals surface area contributed by atoms with Crippen molar-refractivity contribution < 1.29 is 17.2 Å². The lowest BCUT2D eigenvalue weighted by molar-refractivity contribution is 0.204. The van der Waals surface area contributed by atoms with Crippen LogP contribution in [0.2, 0.25) is 0 Å². The van der Waals surface area contributed by atoms with Crippen LogP contribution in [0, 0.1) is 5.92 Å². The lowest BCUT2D eigenvalue weighted by Crippen LogP contribution is -2.14. The van der Waals surface area contributed by atoms with Gasteiger partial charge in [-0.15, -0.1) is 0 Å².